The van der Waals surface area contributed by atoms with Gasteiger partial charge in [-0.1, -0.05) is 15.9 Å². The zero-order chi connectivity index (χ0) is 23.3. The molecule has 2 heterocycles. The number of nitro groups is 1. The van der Waals surface area contributed by atoms with Crippen molar-refractivity contribution < 1.29 is 23.9 Å². The Morgan fingerprint density at radius 2 is 2.03 bits per heavy atom. The van der Waals surface area contributed by atoms with E-state index in [1.165, 1.54) is 6.07 Å². The minimum Gasteiger partial charge on any atom is -0.382 e. The normalized spacial score (nSPS) is 26.1. The number of amides is 1. The van der Waals surface area contributed by atoms with Gasteiger partial charge in [-0.25, -0.2) is 0 Å². The van der Waals surface area contributed by atoms with Gasteiger partial charge in [-0.2, -0.15) is 0 Å². The maximum Gasteiger partial charge on any atom is 0.294 e. The van der Waals surface area contributed by atoms with Crippen molar-refractivity contribution >= 4 is 33.2 Å². The van der Waals surface area contributed by atoms with Crippen molar-refractivity contribution in [1.82, 2.24) is 10.2 Å². The van der Waals surface area contributed by atoms with Crippen LogP contribution in [0, 0.1) is 10.1 Å². The lowest BCUT2D eigenvalue weighted by Crippen LogP contribution is -2.49. The van der Waals surface area contributed by atoms with Crippen molar-refractivity contribution in [2.75, 3.05) is 51.8 Å². The summed E-state index contributed by atoms with van der Waals surface area (Å²) in [5, 5.41) is 18.4. The van der Waals surface area contributed by atoms with E-state index in [-0.39, 0.29) is 47.2 Å². The average Bonchev–Trinajstić information content (AvgIpc) is 2.74. The second-order valence-electron chi connectivity index (χ2n) is 8.29. The quantitative estimate of drug-likeness (QED) is 0.308. The monoisotopic (exact) mass is 514 g/mol. The molecule has 0 saturated carbocycles. The lowest BCUT2D eigenvalue weighted by Gasteiger charge is -2.36. The summed E-state index contributed by atoms with van der Waals surface area (Å²) in [5.41, 5.74) is 0.369. The van der Waals surface area contributed by atoms with Crippen LogP contribution in [-0.2, 0) is 14.2 Å². The van der Waals surface area contributed by atoms with Gasteiger partial charge in [0.2, 0.25) is 0 Å². The Balaban J connectivity index is 1.85. The van der Waals surface area contributed by atoms with Crippen LogP contribution in [0.3, 0.4) is 0 Å². The molecule has 2 N–H and O–H groups in total. The van der Waals surface area contributed by atoms with Gasteiger partial charge in [-0.15, -0.1) is 0 Å². The number of nitro benzene ring substituents is 1. The zero-order valence-corrected chi connectivity index (χ0v) is 20.2. The summed E-state index contributed by atoms with van der Waals surface area (Å²) in [5.74, 6) is -0.254. The SMILES string of the molecule is COCCO[C@H]1CNC[C@H](Nc2c(C(=O)N3C[C@@H](C)O[C@@H](C)C3)cc(Br)cc2[N+](=O)[O-])C1. The maximum absolute atomic E-state index is 13.5. The highest BCUT2D eigenvalue weighted by Gasteiger charge is 2.32. The van der Waals surface area contributed by atoms with Crippen LogP contribution in [0.4, 0.5) is 11.4 Å². The Morgan fingerprint density at radius 1 is 1.31 bits per heavy atom. The molecule has 178 valence electrons. The smallest absolute Gasteiger partial charge is 0.294 e. The molecular weight excluding hydrogens is 484 g/mol. The Bertz CT molecular complexity index is 816. The van der Waals surface area contributed by atoms with Crippen LogP contribution in [-0.4, -0.2) is 86.6 Å². The molecule has 2 fully saturated rings. The highest BCUT2D eigenvalue weighted by molar-refractivity contribution is 9.10. The predicted molar refractivity (Wildman–Crippen MR) is 123 cm³/mol. The summed E-state index contributed by atoms with van der Waals surface area (Å²) >= 11 is 3.33. The molecule has 10 nitrogen and oxygen atoms in total. The lowest BCUT2D eigenvalue weighted by atomic mass is 10.0. The number of carbonyl (C=O) groups excluding carboxylic acids is 1. The summed E-state index contributed by atoms with van der Waals surface area (Å²) in [4.78, 5) is 26.5. The number of morpholine rings is 1. The van der Waals surface area contributed by atoms with Crippen LogP contribution in [0.15, 0.2) is 16.6 Å². The molecule has 1 aromatic rings. The fourth-order valence-corrected chi connectivity index (χ4v) is 4.66. The van der Waals surface area contributed by atoms with Crippen LogP contribution in [0.25, 0.3) is 0 Å². The molecule has 2 aliphatic heterocycles. The average molecular weight is 515 g/mol. The molecule has 0 bridgehead atoms. The van der Waals surface area contributed by atoms with Crippen LogP contribution in [0.2, 0.25) is 0 Å². The van der Waals surface area contributed by atoms with E-state index >= 15 is 0 Å². The molecule has 2 saturated heterocycles. The molecular formula is C21H31BrN4O6. The van der Waals surface area contributed by atoms with Gasteiger partial charge in [0.1, 0.15) is 5.69 Å². The summed E-state index contributed by atoms with van der Waals surface area (Å²) in [7, 11) is 1.62. The van der Waals surface area contributed by atoms with Crippen molar-refractivity contribution in [2.24, 2.45) is 0 Å². The second-order valence-corrected chi connectivity index (χ2v) is 9.21. The number of hydrogen-bond acceptors (Lipinski definition) is 8. The van der Waals surface area contributed by atoms with Gasteiger partial charge in [0.05, 0.1) is 42.0 Å². The number of nitrogens with one attached hydrogen (secondary N) is 2. The molecule has 1 amide bonds. The Hall–Kier alpha value is -1.79. The maximum atomic E-state index is 13.5. The first kappa shape index (κ1) is 24.8. The van der Waals surface area contributed by atoms with E-state index in [4.69, 9.17) is 14.2 Å². The number of benzene rings is 1. The van der Waals surface area contributed by atoms with E-state index in [0.29, 0.717) is 50.3 Å². The van der Waals surface area contributed by atoms with Crippen LogP contribution < -0.4 is 10.6 Å². The molecule has 3 rings (SSSR count). The summed E-state index contributed by atoms with van der Waals surface area (Å²) in [6.45, 7) is 6.97. The van der Waals surface area contributed by atoms with Crippen molar-refractivity contribution in [2.45, 2.75) is 44.6 Å². The van der Waals surface area contributed by atoms with Crippen LogP contribution in [0.1, 0.15) is 30.6 Å². The molecule has 4 atom stereocenters. The molecule has 32 heavy (non-hydrogen) atoms. The minimum atomic E-state index is -0.461. The Kier molecular flexibility index (Phi) is 8.83. The largest absolute Gasteiger partial charge is 0.382 e. The van der Waals surface area contributed by atoms with Crippen molar-refractivity contribution in [3.05, 3.63) is 32.3 Å². The number of hydrogen-bond donors (Lipinski definition) is 2. The van der Waals surface area contributed by atoms with E-state index in [9.17, 15) is 14.9 Å². The van der Waals surface area contributed by atoms with Gasteiger partial charge in [0.25, 0.3) is 11.6 Å². The molecule has 1 aromatic carbocycles. The number of halogens is 1. The molecule has 2 aliphatic rings. The van der Waals surface area contributed by atoms with Crippen molar-refractivity contribution in [1.29, 1.82) is 0 Å². The standard InChI is InChI=1S/C21H31BrN4O6/c1-13-11-25(12-14(2)32-13)21(27)18-6-15(22)7-19(26(28)29)20(18)24-16-8-17(10-23-9-16)31-5-4-30-3/h6-7,13-14,16-17,23-24H,4-5,8-12H2,1-3H3/t13-,14+,16-,17-/m1/s1. The van der Waals surface area contributed by atoms with Crippen LogP contribution >= 0.6 is 15.9 Å². The highest BCUT2D eigenvalue weighted by Crippen LogP contribution is 2.35. The van der Waals surface area contributed by atoms with Crippen LogP contribution in [0.5, 0.6) is 0 Å². The van der Waals surface area contributed by atoms with E-state index in [0.717, 1.165) is 0 Å². The topological polar surface area (TPSA) is 115 Å². The number of rotatable bonds is 8. The Morgan fingerprint density at radius 3 is 2.69 bits per heavy atom. The Labute approximate surface area is 196 Å². The van der Waals surface area contributed by atoms with Gasteiger partial charge in [0, 0.05) is 49.9 Å². The third-order valence-corrected chi connectivity index (χ3v) is 5.97. The first-order chi connectivity index (χ1) is 15.3. The van der Waals surface area contributed by atoms with Crippen molar-refractivity contribution in [3.63, 3.8) is 0 Å². The van der Waals surface area contributed by atoms with E-state index in [2.05, 4.69) is 26.6 Å². The van der Waals surface area contributed by atoms with E-state index < -0.39 is 4.92 Å². The third-order valence-electron chi connectivity index (χ3n) is 5.52. The first-order valence-corrected chi connectivity index (χ1v) is 11.6. The van der Waals surface area contributed by atoms with Gasteiger partial charge in [0.15, 0.2) is 0 Å². The highest BCUT2D eigenvalue weighted by atomic mass is 79.9. The molecule has 0 radical (unpaired) electrons. The zero-order valence-electron chi connectivity index (χ0n) is 18.6. The number of piperidine rings is 1. The minimum absolute atomic E-state index is 0.0500. The van der Waals surface area contributed by atoms with E-state index in [1.54, 1.807) is 18.1 Å². The summed E-state index contributed by atoms with van der Waals surface area (Å²) in [6.07, 6.45) is 0.400. The van der Waals surface area contributed by atoms with E-state index in [1.807, 2.05) is 13.8 Å². The lowest BCUT2D eigenvalue weighted by molar-refractivity contribution is -0.384. The van der Waals surface area contributed by atoms with Gasteiger partial charge < -0.3 is 29.7 Å². The number of ether oxygens (including phenoxy) is 3. The fraction of sp³-hybridized carbons (Fsp3) is 0.667. The number of carbonyl (C=O) groups is 1. The fourth-order valence-electron chi connectivity index (χ4n) is 4.21. The van der Waals surface area contributed by atoms with Crippen molar-refractivity contribution in [3.8, 4) is 0 Å². The molecule has 11 heteroatoms. The molecule has 0 aromatic heterocycles. The summed E-state index contributed by atoms with van der Waals surface area (Å²) in [6, 6.07) is 2.93. The summed E-state index contributed by atoms with van der Waals surface area (Å²) < 4.78 is 17.1. The number of methoxy groups -OCH3 is 1. The third kappa shape index (κ3) is 6.38. The first-order valence-electron chi connectivity index (χ1n) is 10.8. The molecule has 0 spiro atoms. The number of anilines is 1. The molecule has 0 aliphatic carbocycles. The second kappa shape index (κ2) is 11.4. The van der Waals surface area contributed by atoms with Gasteiger partial charge >= 0.3 is 0 Å². The molecule has 0 unspecified atom stereocenters. The predicted octanol–water partition coefficient (Wildman–Crippen LogP) is 2.41. The number of nitrogens with zero attached hydrogens (tertiary/aromatic N) is 2. The van der Waals surface area contributed by atoms with Gasteiger partial charge in [-0.3, -0.25) is 14.9 Å². The van der Waals surface area contributed by atoms with Gasteiger partial charge in [-0.05, 0) is 26.3 Å².